The summed E-state index contributed by atoms with van der Waals surface area (Å²) in [6.45, 7) is 5.41. The predicted octanol–water partition coefficient (Wildman–Crippen LogP) is 0.763. The molecule has 1 unspecified atom stereocenters. The second-order valence-electron chi connectivity index (χ2n) is 4.78. The van der Waals surface area contributed by atoms with Crippen LogP contribution in [0.25, 0.3) is 0 Å². The highest BCUT2D eigenvalue weighted by Gasteiger charge is 2.23. The molecule has 86 valence electrons. The minimum atomic E-state index is 0.556. The van der Waals surface area contributed by atoms with Crippen LogP contribution in [0, 0.1) is 0 Å². The van der Waals surface area contributed by atoms with Gasteiger partial charge in [-0.25, -0.2) is 9.97 Å². The zero-order chi connectivity index (χ0) is 11.0. The summed E-state index contributed by atoms with van der Waals surface area (Å²) >= 11 is 0. The fraction of sp³-hybridized carbons (Fsp3) is 0.667. The quantitative estimate of drug-likeness (QED) is 0.755. The van der Waals surface area contributed by atoms with Gasteiger partial charge in [-0.1, -0.05) is 0 Å². The average molecular weight is 218 g/mol. The smallest absolute Gasteiger partial charge is 0.135 e. The monoisotopic (exact) mass is 218 g/mol. The number of fused-ring (bicyclic) bond motifs is 1. The van der Waals surface area contributed by atoms with Gasteiger partial charge in [0.15, 0.2) is 0 Å². The summed E-state index contributed by atoms with van der Waals surface area (Å²) < 4.78 is 0. The minimum absolute atomic E-state index is 0.556. The van der Waals surface area contributed by atoms with Crippen molar-refractivity contribution in [1.82, 2.24) is 15.3 Å². The van der Waals surface area contributed by atoms with E-state index in [9.17, 15) is 0 Å². The molecule has 2 aliphatic rings. The van der Waals surface area contributed by atoms with Crippen molar-refractivity contribution < 1.29 is 0 Å². The van der Waals surface area contributed by atoms with E-state index in [1.54, 1.807) is 6.33 Å². The highest BCUT2D eigenvalue weighted by atomic mass is 15.2. The van der Waals surface area contributed by atoms with Crippen LogP contribution in [-0.2, 0) is 12.8 Å². The van der Waals surface area contributed by atoms with Gasteiger partial charge in [0.2, 0.25) is 0 Å². The Kier molecular flexibility index (Phi) is 2.52. The Hall–Kier alpha value is -1.16. The molecular formula is C12H18N4. The summed E-state index contributed by atoms with van der Waals surface area (Å²) in [5, 5.41) is 3.46. The van der Waals surface area contributed by atoms with Crippen molar-refractivity contribution >= 4 is 5.82 Å². The molecule has 1 fully saturated rings. The molecule has 4 nitrogen and oxygen atoms in total. The first-order valence-electron chi connectivity index (χ1n) is 6.15. The number of piperazine rings is 1. The molecule has 1 N–H and O–H groups in total. The van der Waals surface area contributed by atoms with Gasteiger partial charge in [-0.2, -0.15) is 0 Å². The molecule has 0 bridgehead atoms. The number of hydrogen-bond donors (Lipinski definition) is 1. The van der Waals surface area contributed by atoms with Crippen molar-refractivity contribution in [2.24, 2.45) is 0 Å². The first-order chi connectivity index (χ1) is 7.84. The number of nitrogens with one attached hydrogen (secondary N) is 1. The van der Waals surface area contributed by atoms with Gasteiger partial charge in [0, 0.05) is 36.9 Å². The van der Waals surface area contributed by atoms with Gasteiger partial charge in [0.05, 0.1) is 0 Å². The SMILES string of the molecule is CC1CN(c2ncnc3c2CCC3)CCN1. The van der Waals surface area contributed by atoms with E-state index >= 15 is 0 Å². The Balaban J connectivity index is 1.91. The number of nitrogens with zero attached hydrogens (tertiary/aromatic N) is 3. The van der Waals surface area contributed by atoms with Crippen molar-refractivity contribution in [3.8, 4) is 0 Å². The lowest BCUT2D eigenvalue weighted by Crippen LogP contribution is -2.49. The molecular weight excluding hydrogens is 200 g/mol. The van der Waals surface area contributed by atoms with E-state index < -0.39 is 0 Å². The Labute approximate surface area is 96.1 Å². The number of rotatable bonds is 1. The van der Waals surface area contributed by atoms with Crippen molar-refractivity contribution in [2.75, 3.05) is 24.5 Å². The third-order valence-electron chi connectivity index (χ3n) is 3.52. The number of aryl methyl sites for hydroxylation is 1. The minimum Gasteiger partial charge on any atom is -0.353 e. The fourth-order valence-corrected chi connectivity index (χ4v) is 2.74. The van der Waals surface area contributed by atoms with Crippen LogP contribution in [0.1, 0.15) is 24.6 Å². The van der Waals surface area contributed by atoms with Gasteiger partial charge in [0.1, 0.15) is 12.1 Å². The maximum Gasteiger partial charge on any atom is 0.135 e. The fourth-order valence-electron chi connectivity index (χ4n) is 2.74. The number of hydrogen-bond acceptors (Lipinski definition) is 4. The van der Waals surface area contributed by atoms with E-state index in [1.165, 1.54) is 23.5 Å². The molecule has 1 aromatic heterocycles. The first kappa shape index (κ1) is 10.0. The van der Waals surface area contributed by atoms with E-state index in [0.717, 1.165) is 32.5 Å². The lowest BCUT2D eigenvalue weighted by Gasteiger charge is -2.33. The normalized spacial score (nSPS) is 24.6. The molecule has 0 saturated carbocycles. The van der Waals surface area contributed by atoms with Crippen molar-refractivity contribution in [1.29, 1.82) is 0 Å². The van der Waals surface area contributed by atoms with E-state index in [4.69, 9.17) is 0 Å². The molecule has 0 radical (unpaired) electrons. The van der Waals surface area contributed by atoms with Crippen LogP contribution >= 0.6 is 0 Å². The molecule has 4 heteroatoms. The molecule has 1 atom stereocenters. The van der Waals surface area contributed by atoms with Crippen molar-refractivity contribution in [3.63, 3.8) is 0 Å². The largest absolute Gasteiger partial charge is 0.353 e. The van der Waals surface area contributed by atoms with Gasteiger partial charge in [-0.15, -0.1) is 0 Å². The lowest BCUT2D eigenvalue weighted by atomic mass is 10.2. The molecule has 2 heterocycles. The summed E-state index contributed by atoms with van der Waals surface area (Å²) in [5.41, 5.74) is 2.67. The molecule has 0 amide bonds. The van der Waals surface area contributed by atoms with Crippen LogP contribution in [0.15, 0.2) is 6.33 Å². The molecule has 1 aromatic rings. The summed E-state index contributed by atoms with van der Waals surface area (Å²) in [7, 11) is 0. The van der Waals surface area contributed by atoms with E-state index in [0.29, 0.717) is 6.04 Å². The van der Waals surface area contributed by atoms with E-state index in [-0.39, 0.29) is 0 Å². The Morgan fingerprint density at radius 2 is 2.31 bits per heavy atom. The van der Waals surface area contributed by atoms with Crippen LogP contribution in [0.3, 0.4) is 0 Å². The van der Waals surface area contributed by atoms with Gasteiger partial charge in [0.25, 0.3) is 0 Å². The lowest BCUT2D eigenvalue weighted by molar-refractivity contribution is 0.481. The average Bonchev–Trinajstić information content (AvgIpc) is 2.76. The molecule has 0 aromatic carbocycles. The number of anilines is 1. The molecule has 16 heavy (non-hydrogen) atoms. The highest BCUT2D eigenvalue weighted by Crippen LogP contribution is 2.28. The second-order valence-corrected chi connectivity index (χ2v) is 4.78. The Morgan fingerprint density at radius 3 is 3.19 bits per heavy atom. The third kappa shape index (κ3) is 1.67. The van der Waals surface area contributed by atoms with Crippen LogP contribution < -0.4 is 10.2 Å². The Bertz CT molecular complexity index is 391. The van der Waals surface area contributed by atoms with Gasteiger partial charge < -0.3 is 10.2 Å². The third-order valence-corrected chi connectivity index (χ3v) is 3.52. The molecule has 1 saturated heterocycles. The molecule has 1 aliphatic carbocycles. The van der Waals surface area contributed by atoms with Gasteiger partial charge >= 0.3 is 0 Å². The maximum absolute atomic E-state index is 4.50. The summed E-state index contributed by atoms with van der Waals surface area (Å²) in [6.07, 6.45) is 5.26. The maximum atomic E-state index is 4.50. The first-order valence-corrected chi connectivity index (χ1v) is 6.15. The highest BCUT2D eigenvalue weighted by molar-refractivity contribution is 5.50. The topological polar surface area (TPSA) is 41.1 Å². The second kappa shape index (κ2) is 4.01. The van der Waals surface area contributed by atoms with E-state index in [2.05, 4.69) is 27.1 Å². The van der Waals surface area contributed by atoms with Gasteiger partial charge in [-0.3, -0.25) is 0 Å². The summed E-state index contributed by atoms with van der Waals surface area (Å²) in [4.78, 5) is 11.3. The standard InChI is InChI=1S/C12H18N4/c1-9-7-16(6-5-13-9)12-10-3-2-4-11(10)14-8-15-12/h8-9,13H,2-7H2,1H3. The van der Waals surface area contributed by atoms with Crippen molar-refractivity contribution in [2.45, 2.75) is 32.2 Å². The zero-order valence-corrected chi connectivity index (χ0v) is 9.74. The van der Waals surface area contributed by atoms with Crippen LogP contribution in [0.5, 0.6) is 0 Å². The molecule has 1 aliphatic heterocycles. The van der Waals surface area contributed by atoms with Crippen molar-refractivity contribution in [3.05, 3.63) is 17.6 Å². The predicted molar refractivity (Wildman–Crippen MR) is 63.7 cm³/mol. The summed E-state index contributed by atoms with van der Waals surface area (Å²) in [6, 6.07) is 0.556. The van der Waals surface area contributed by atoms with Crippen LogP contribution in [-0.4, -0.2) is 35.6 Å². The van der Waals surface area contributed by atoms with E-state index in [1.807, 2.05) is 0 Å². The Morgan fingerprint density at radius 1 is 1.38 bits per heavy atom. The van der Waals surface area contributed by atoms with Crippen LogP contribution in [0.4, 0.5) is 5.82 Å². The zero-order valence-electron chi connectivity index (χ0n) is 9.74. The molecule has 3 rings (SSSR count). The summed E-state index contributed by atoms with van der Waals surface area (Å²) in [5.74, 6) is 1.19. The van der Waals surface area contributed by atoms with Gasteiger partial charge in [-0.05, 0) is 26.2 Å². The van der Waals surface area contributed by atoms with Crippen LogP contribution in [0.2, 0.25) is 0 Å². The number of aromatic nitrogens is 2. The molecule has 0 spiro atoms.